The summed E-state index contributed by atoms with van der Waals surface area (Å²) >= 11 is 8.37. The lowest BCUT2D eigenvalue weighted by Crippen LogP contribution is -2.25. The lowest BCUT2D eigenvalue weighted by atomic mass is 10.2. The molecule has 4 aromatic carbocycles. The van der Waals surface area contributed by atoms with Gasteiger partial charge in [-0.05, 0) is 46.5 Å². The van der Waals surface area contributed by atoms with E-state index in [0.29, 0.717) is 0 Å². The Kier molecular flexibility index (Phi) is 5.91. The largest absolute Gasteiger partial charge is 0.247 e. The van der Waals surface area contributed by atoms with Gasteiger partial charge in [0.2, 0.25) is 0 Å². The van der Waals surface area contributed by atoms with Crippen LogP contribution in [0.15, 0.2) is 133 Å². The first kappa shape index (κ1) is 22.1. The van der Waals surface area contributed by atoms with Crippen LogP contribution < -0.4 is 15.9 Å². The number of benzene rings is 4. The van der Waals surface area contributed by atoms with Crippen molar-refractivity contribution in [3.05, 3.63) is 133 Å². The van der Waals surface area contributed by atoms with Gasteiger partial charge in [-0.3, -0.25) is 0 Å². The maximum Gasteiger partial charge on any atom is 0.0809 e. The number of rotatable bonds is 5. The molecule has 0 bridgehead atoms. The van der Waals surface area contributed by atoms with E-state index in [1.54, 1.807) is 11.3 Å². The third-order valence-electron chi connectivity index (χ3n) is 6.20. The third-order valence-corrected chi connectivity index (χ3v) is 12.3. The van der Waals surface area contributed by atoms with Crippen LogP contribution in [0.5, 0.6) is 0 Å². The summed E-state index contributed by atoms with van der Waals surface area (Å²) in [5.41, 5.74) is 3.21. The number of pyridine rings is 1. The average Bonchev–Trinajstić information content (AvgIpc) is 3.44. The summed E-state index contributed by atoms with van der Waals surface area (Å²) < 4.78 is 0. The molecule has 6 aromatic rings. The molecular formula is C31H22NPS2. The van der Waals surface area contributed by atoms with Crippen molar-refractivity contribution in [3.63, 3.8) is 0 Å². The molecule has 1 nitrogen and oxygen atoms in total. The number of fused-ring (bicyclic) bond motifs is 1. The van der Waals surface area contributed by atoms with Gasteiger partial charge in [-0.15, -0.1) is 11.3 Å². The molecule has 0 aliphatic carbocycles. The zero-order chi connectivity index (χ0) is 23.7. The molecule has 0 N–H and O–H groups in total. The molecule has 0 radical (unpaired) electrons. The molecule has 0 atom stereocenters. The van der Waals surface area contributed by atoms with Crippen LogP contribution in [0.25, 0.3) is 31.9 Å². The van der Waals surface area contributed by atoms with Crippen molar-refractivity contribution in [2.45, 2.75) is 0 Å². The molecule has 0 aliphatic rings. The van der Waals surface area contributed by atoms with Gasteiger partial charge < -0.3 is 0 Å². The van der Waals surface area contributed by atoms with Crippen LogP contribution in [0, 0.1) is 0 Å². The number of hydrogen-bond acceptors (Lipinski definition) is 3. The zero-order valence-electron chi connectivity index (χ0n) is 18.9. The van der Waals surface area contributed by atoms with Gasteiger partial charge in [0.15, 0.2) is 0 Å². The molecule has 0 spiro atoms. The standard InChI is InChI=1S/C31H22NPS2/c34-33(24-13-6-2-7-14-24,25-15-8-3-9-16-25)29-18-10-17-27-26(29)19-20-28(32-27)31-22-21-30(35-31)23-11-4-1-5-12-23/h1-22H. The normalized spacial score (nSPS) is 11.5. The fourth-order valence-electron chi connectivity index (χ4n) is 4.49. The van der Waals surface area contributed by atoms with E-state index in [9.17, 15) is 0 Å². The molecule has 0 saturated heterocycles. The molecule has 0 saturated carbocycles. The Labute approximate surface area is 214 Å². The van der Waals surface area contributed by atoms with E-state index in [1.807, 2.05) is 6.07 Å². The maximum atomic E-state index is 6.60. The minimum atomic E-state index is -2.25. The monoisotopic (exact) mass is 503 g/mol. The van der Waals surface area contributed by atoms with E-state index in [0.717, 1.165) is 16.6 Å². The first-order chi connectivity index (χ1) is 17.2. The molecule has 0 aliphatic heterocycles. The van der Waals surface area contributed by atoms with Gasteiger partial charge in [0, 0.05) is 21.6 Å². The summed E-state index contributed by atoms with van der Waals surface area (Å²) in [6.07, 6.45) is 0. The lowest BCUT2D eigenvalue weighted by molar-refractivity contribution is 1.42. The predicted molar refractivity (Wildman–Crippen MR) is 157 cm³/mol. The Hall–Kier alpha value is -3.36. The van der Waals surface area contributed by atoms with Crippen LogP contribution in [0.2, 0.25) is 0 Å². The summed E-state index contributed by atoms with van der Waals surface area (Å²) in [7, 11) is 0. The van der Waals surface area contributed by atoms with Crippen molar-refractivity contribution in [1.82, 2.24) is 4.98 Å². The molecular weight excluding hydrogens is 481 g/mol. The summed E-state index contributed by atoms with van der Waals surface area (Å²) in [5, 5.41) is 4.72. The first-order valence-electron chi connectivity index (χ1n) is 11.5. The quantitative estimate of drug-likeness (QED) is 0.228. The molecule has 0 unspecified atom stereocenters. The zero-order valence-corrected chi connectivity index (χ0v) is 21.4. The predicted octanol–water partition coefficient (Wildman–Crippen LogP) is 7.39. The topological polar surface area (TPSA) is 12.9 Å². The highest BCUT2D eigenvalue weighted by Gasteiger charge is 2.26. The van der Waals surface area contributed by atoms with E-state index < -0.39 is 6.04 Å². The second-order valence-corrected chi connectivity index (χ2v) is 13.8. The maximum absolute atomic E-state index is 6.60. The minimum Gasteiger partial charge on any atom is -0.247 e. The Morgan fingerprint density at radius 1 is 0.543 bits per heavy atom. The van der Waals surface area contributed by atoms with E-state index in [1.165, 1.54) is 31.2 Å². The van der Waals surface area contributed by atoms with Gasteiger partial charge in [0.1, 0.15) is 0 Å². The highest BCUT2D eigenvalue weighted by atomic mass is 32.4. The fraction of sp³-hybridized carbons (Fsp3) is 0. The van der Waals surface area contributed by atoms with Crippen LogP contribution in [0.4, 0.5) is 0 Å². The number of aromatic nitrogens is 1. The van der Waals surface area contributed by atoms with Crippen molar-refractivity contribution >= 4 is 56.0 Å². The van der Waals surface area contributed by atoms with Crippen LogP contribution in [-0.2, 0) is 11.8 Å². The molecule has 2 heterocycles. The highest BCUT2D eigenvalue weighted by Crippen LogP contribution is 2.45. The van der Waals surface area contributed by atoms with Crippen LogP contribution in [0.1, 0.15) is 0 Å². The van der Waals surface area contributed by atoms with Crippen LogP contribution in [-0.4, -0.2) is 4.98 Å². The summed E-state index contributed by atoms with van der Waals surface area (Å²) in [6.45, 7) is 0. The molecule has 35 heavy (non-hydrogen) atoms. The Morgan fingerprint density at radius 2 is 1.14 bits per heavy atom. The smallest absolute Gasteiger partial charge is 0.0809 e. The van der Waals surface area contributed by atoms with Crippen molar-refractivity contribution in [1.29, 1.82) is 0 Å². The SMILES string of the molecule is S=P(c1ccccc1)(c1ccccc1)c1cccc2nc(-c3ccc(-c4ccccc4)s3)ccc12. The first-order valence-corrected chi connectivity index (χ1v) is 15.1. The number of thiophene rings is 1. The van der Waals surface area contributed by atoms with Crippen LogP contribution in [0.3, 0.4) is 0 Å². The highest BCUT2D eigenvalue weighted by molar-refractivity contribution is 8.25. The van der Waals surface area contributed by atoms with Crippen molar-refractivity contribution in [2.24, 2.45) is 0 Å². The van der Waals surface area contributed by atoms with Crippen molar-refractivity contribution in [3.8, 4) is 21.0 Å². The molecule has 6 rings (SSSR count). The van der Waals surface area contributed by atoms with Gasteiger partial charge in [-0.25, -0.2) is 4.98 Å². The molecule has 4 heteroatoms. The van der Waals surface area contributed by atoms with E-state index >= 15 is 0 Å². The van der Waals surface area contributed by atoms with Gasteiger partial charge in [-0.1, -0.05) is 115 Å². The number of hydrogen-bond donors (Lipinski definition) is 0. The minimum absolute atomic E-state index is 0.982. The Morgan fingerprint density at radius 3 is 1.80 bits per heavy atom. The van der Waals surface area contributed by atoms with Crippen molar-refractivity contribution in [2.75, 3.05) is 0 Å². The third kappa shape index (κ3) is 4.06. The molecule has 2 aromatic heterocycles. The second-order valence-electron chi connectivity index (χ2n) is 8.35. The summed E-state index contributed by atoms with van der Waals surface area (Å²) in [5.74, 6) is 0. The van der Waals surface area contributed by atoms with Gasteiger partial charge in [0.05, 0.1) is 16.1 Å². The Balaban J connectivity index is 1.49. The lowest BCUT2D eigenvalue weighted by Gasteiger charge is -2.25. The summed E-state index contributed by atoms with van der Waals surface area (Å²) in [6, 6.07) is 44.5. The number of nitrogens with zero attached hydrogens (tertiary/aromatic N) is 1. The molecule has 168 valence electrons. The van der Waals surface area contributed by atoms with E-state index in [4.69, 9.17) is 16.8 Å². The van der Waals surface area contributed by atoms with Gasteiger partial charge >= 0.3 is 0 Å². The second kappa shape index (κ2) is 9.36. The van der Waals surface area contributed by atoms with Crippen molar-refractivity contribution < 1.29 is 0 Å². The molecule has 0 fully saturated rings. The Bertz CT molecular complexity index is 1620. The fourth-order valence-corrected chi connectivity index (χ4v) is 9.54. The van der Waals surface area contributed by atoms with Crippen LogP contribution >= 0.6 is 17.4 Å². The van der Waals surface area contributed by atoms with Gasteiger partial charge in [-0.2, -0.15) is 0 Å². The molecule has 0 amide bonds. The van der Waals surface area contributed by atoms with Gasteiger partial charge in [0.25, 0.3) is 0 Å². The van der Waals surface area contributed by atoms with E-state index in [2.05, 4.69) is 127 Å². The summed E-state index contributed by atoms with van der Waals surface area (Å²) in [4.78, 5) is 7.51. The van der Waals surface area contributed by atoms with E-state index in [-0.39, 0.29) is 0 Å². The average molecular weight is 504 g/mol.